The summed E-state index contributed by atoms with van der Waals surface area (Å²) in [6.45, 7) is 8.67. The van der Waals surface area contributed by atoms with E-state index in [4.69, 9.17) is 0 Å². The lowest BCUT2D eigenvalue weighted by atomic mass is 9.69. The molecule has 0 bridgehead atoms. The van der Waals surface area contributed by atoms with Crippen molar-refractivity contribution in [1.82, 2.24) is 4.90 Å². The van der Waals surface area contributed by atoms with Gasteiger partial charge >= 0.3 is 0 Å². The SMILES string of the molecule is CC(C)(C)C1CCC(C(=O)N2C[C@H]3C[C@H](O)[C@H]3C2)CC1. The molecule has 3 fully saturated rings. The molecule has 3 atom stereocenters. The van der Waals surface area contributed by atoms with Gasteiger partial charge in [-0.25, -0.2) is 0 Å². The van der Waals surface area contributed by atoms with Crippen molar-refractivity contribution in [3.8, 4) is 0 Å². The Morgan fingerprint density at radius 3 is 2.25 bits per heavy atom. The van der Waals surface area contributed by atoms with Gasteiger partial charge < -0.3 is 10.0 Å². The molecule has 20 heavy (non-hydrogen) atoms. The van der Waals surface area contributed by atoms with Crippen LogP contribution < -0.4 is 0 Å². The van der Waals surface area contributed by atoms with Gasteiger partial charge in [-0.3, -0.25) is 4.79 Å². The zero-order valence-electron chi connectivity index (χ0n) is 13.1. The van der Waals surface area contributed by atoms with Gasteiger partial charge in [0.1, 0.15) is 0 Å². The fourth-order valence-corrected chi connectivity index (χ4v) is 4.52. The summed E-state index contributed by atoms with van der Waals surface area (Å²) >= 11 is 0. The van der Waals surface area contributed by atoms with Crippen LogP contribution in [0.4, 0.5) is 0 Å². The Labute approximate surface area is 122 Å². The summed E-state index contributed by atoms with van der Waals surface area (Å²) in [5, 5.41) is 9.71. The van der Waals surface area contributed by atoms with Gasteiger partial charge in [0.2, 0.25) is 5.91 Å². The van der Waals surface area contributed by atoms with Crippen molar-refractivity contribution in [3.05, 3.63) is 0 Å². The number of nitrogens with zero attached hydrogens (tertiary/aromatic N) is 1. The molecule has 3 nitrogen and oxygen atoms in total. The highest BCUT2D eigenvalue weighted by atomic mass is 16.3. The maximum absolute atomic E-state index is 12.6. The van der Waals surface area contributed by atoms with Gasteiger partial charge in [0.05, 0.1) is 6.10 Å². The van der Waals surface area contributed by atoms with Crippen LogP contribution in [0, 0.1) is 29.1 Å². The molecule has 3 aliphatic rings. The number of aliphatic hydroxyl groups is 1. The van der Waals surface area contributed by atoms with Crippen LogP contribution in [0.1, 0.15) is 52.9 Å². The first-order chi connectivity index (χ1) is 9.36. The zero-order chi connectivity index (χ0) is 14.5. The van der Waals surface area contributed by atoms with Crippen molar-refractivity contribution >= 4 is 5.91 Å². The normalized spacial score (nSPS) is 41.2. The second-order valence-electron chi connectivity index (χ2n) is 8.38. The number of fused-ring (bicyclic) bond motifs is 1. The maximum atomic E-state index is 12.6. The first-order valence-corrected chi connectivity index (χ1v) is 8.33. The number of amides is 1. The standard InChI is InChI=1S/C17H29NO2/c1-17(2,3)13-6-4-11(5-7-13)16(20)18-9-12-8-15(19)14(12)10-18/h11-15,19H,4-10H2,1-3H3/t11?,12-,13?,14+,15+/m1/s1. The molecule has 1 amide bonds. The van der Waals surface area contributed by atoms with Crippen molar-refractivity contribution in [2.75, 3.05) is 13.1 Å². The lowest BCUT2D eigenvalue weighted by Gasteiger charge is -2.37. The fraction of sp³-hybridized carbons (Fsp3) is 0.941. The van der Waals surface area contributed by atoms with E-state index in [-0.39, 0.29) is 12.0 Å². The predicted octanol–water partition coefficient (Wildman–Crippen LogP) is 2.68. The van der Waals surface area contributed by atoms with Gasteiger partial charge in [0.15, 0.2) is 0 Å². The molecule has 0 aromatic carbocycles. The molecule has 0 aromatic rings. The van der Waals surface area contributed by atoms with Crippen LogP contribution in [0.5, 0.6) is 0 Å². The topological polar surface area (TPSA) is 40.5 Å². The van der Waals surface area contributed by atoms with Crippen molar-refractivity contribution in [1.29, 1.82) is 0 Å². The van der Waals surface area contributed by atoms with Crippen LogP contribution in [0.2, 0.25) is 0 Å². The van der Waals surface area contributed by atoms with Crippen LogP contribution >= 0.6 is 0 Å². The summed E-state index contributed by atoms with van der Waals surface area (Å²) in [4.78, 5) is 14.7. The Bertz CT molecular complexity index is 379. The van der Waals surface area contributed by atoms with Gasteiger partial charge in [0, 0.05) is 24.9 Å². The Balaban J connectivity index is 1.52. The average molecular weight is 279 g/mol. The third-order valence-corrected chi connectivity index (χ3v) is 6.14. The van der Waals surface area contributed by atoms with E-state index < -0.39 is 0 Å². The molecule has 2 saturated carbocycles. The first-order valence-electron chi connectivity index (χ1n) is 8.33. The van der Waals surface area contributed by atoms with Crippen LogP contribution in [0.25, 0.3) is 0 Å². The minimum Gasteiger partial charge on any atom is -0.393 e. The predicted molar refractivity (Wildman–Crippen MR) is 79.1 cm³/mol. The van der Waals surface area contributed by atoms with E-state index in [0.717, 1.165) is 38.3 Å². The first kappa shape index (κ1) is 14.4. The summed E-state index contributed by atoms with van der Waals surface area (Å²) < 4.78 is 0. The molecule has 0 aromatic heterocycles. The molecule has 3 heteroatoms. The van der Waals surface area contributed by atoms with Gasteiger partial charge in [-0.15, -0.1) is 0 Å². The van der Waals surface area contributed by atoms with Gasteiger partial charge in [0.25, 0.3) is 0 Å². The summed E-state index contributed by atoms with van der Waals surface area (Å²) in [5.74, 6) is 2.36. The zero-order valence-corrected chi connectivity index (χ0v) is 13.1. The smallest absolute Gasteiger partial charge is 0.225 e. The minimum absolute atomic E-state index is 0.144. The van der Waals surface area contributed by atoms with Crippen molar-refractivity contribution in [2.24, 2.45) is 29.1 Å². The summed E-state index contributed by atoms with van der Waals surface area (Å²) in [6, 6.07) is 0. The molecule has 0 radical (unpaired) electrons. The maximum Gasteiger partial charge on any atom is 0.225 e. The van der Waals surface area contributed by atoms with Crippen molar-refractivity contribution in [3.63, 3.8) is 0 Å². The molecule has 0 spiro atoms. The van der Waals surface area contributed by atoms with Crippen molar-refractivity contribution < 1.29 is 9.90 Å². The number of hydrogen-bond acceptors (Lipinski definition) is 2. The molecule has 1 heterocycles. The highest BCUT2D eigenvalue weighted by Gasteiger charge is 2.48. The number of aliphatic hydroxyl groups excluding tert-OH is 1. The van der Waals surface area contributed by atoms with Crippen molar-refractivity contribution in [2.45, 2.75) is 59.0 Å². The van der Waals surface area contributed by atoms with E-state index in [9.17, 15) is 9.90 Å². The Kier molecular flexibility index (Phi) is 3.60. The Hall–Kier alpha value is -0.570. The van der Waals surface area contributed by atoms with E-state index in [2.05, 4.69) is 20.8 Å². The van der Waals surface area contributed by atoms with Gasteiger partial charge in [-0.1, -0.05) is 20.8 Å². The Morgan fingerprint density at radius 1 is 1.10 bits per heavy atom. The summed E-state index contributed by atoms with van der Waals surface area (Å²) in [5.41, 5.74) is 0.380. The quantitative estimate of drug-likeness (QED) is 0.801. The third kappa shape index (κ3) is 2.49. The molecule has 1 saturated heterocycles. The van der Waals surface area contributed by atoms with E-state index in [1.54, 1.807) is 0 Å². The van der Waals surface area contributed by atoms with E-state index in [0.29, 0.717) is 23.2 Å². The molecule has 2 aliphatic carbocycles. The largest absolute Gasteiger partial charge is 0.393 e. The highest BCUT2D eigenvalue weighted by Crippen LogP contribution is 2.43. The van der Waals surface area contributed by atoms with Gasteiger partial charge in [-0.2, -0.15) is 0 Å². The monoisotopic (exact) mass is 279 g/mol. The minimum atomic E-state index is -0.144. The number of rotatable bonds is 1. The molecule has 1 aliphatic heterocycles. The highest BCUT2D eigenvalue weighted by molar-refractivity contribution is 5.79. The Morgan fingerprint density at radius 2 is 1.75 bits per heavy atom. The third-order valence-electron chi connectivity index (χ3n) is 6.14. The molecular formula is C17H29NO2. The van der Waals surface area contributed by atoms with Gasteiger partial charge in [-0.05, 0) is 49.4 Å². The second-order valence-corrected chi connectivity index (χ2v) is 8.38. The van der Waals surface area contributed by atoms with E-state index in [1.807, 2.05) is 4.90 Å². The number of hydrogen-bond donors (Lipinski definition) is 1. The van der Waals surface area contributed by atoms with Crippen LogP contribution in [0.3, 0.4) is 0 Å². The lowest BCUT2D eigenvalue weighted by Crippen LogP contribution is -2.40. The number of likely N-dealkylation sites (tertiary alicyclic amines) is 1. The summed E-state index contributed by atoms with van der Waals surface area (Å²) in [6.07, 6.45) is 5.29. The van der Waals surface area contributed by atoms with Crippen LogP contribution in [-0.2, 0) is 4.79 Å². The lowest BCUT2D eigenvalue weighted by molar-refractivity contribution is -0.136. The van der Waals surface area contributed by atoms with E-state index >= 15 is 0 Å². The average Bonchev–Trinajstić information content (AvgIpc) is 2.74. The molecule has 114 valence electrons. The molecular weight excluding hydrogens is 250 g/mol. The van der Waals surface area contributed by atoms with Crippen LogP contribution in [-0.4, -0.2) is 35.1 Å². The summed E-state index contributed by atoms with van der Waals surface area (Å²) in [7, 11) is 0. The number of carbonyl (C=O) groups excluding carboxylic acids is 1. The fourth-order valence-electron chi connectivity index (χ4n) is 4.52. The molecule has 3 rings (SSSR count). The molecule has 1 N–H and O–H groups in total. The number of carbonyl (C=O) groups is 1. The van der Waals surface area contributed by atoms with E-state index in [1.165, 1.54) is 12.8 Å². The molecule has 0 unspecified atom stereocenters. The van der Waals surface area contributed by atoms with Crippen LogP contribution in [0.15, 0.2) is 0 Å². The second kappa shape index (κ2) is 5.01.